The average molecular weight is 301 g/mol. The molecule has 1 aliphatic rings. The Morgan fingerprint density at radius 3 is 2.70 bits per heavy atom. The highest BCUT2D eigenvalue weighted by Gasteiger charge is 2.48. The molecule has 7 nitrogen and oxygen atoms in total. The molecule has 2 N–H and O–H groups in total. The number of nitrogens with zero attached hydrogens (tertiary/aromatic N) is 2. The molecule has 1 aromatic carbocycles. The fourth-order valence-electron chi connectivity index (χ4n) is 2.09. The van der Waals surface area contributed by atoms with Crippen LogP contribution in [0.25, 0.3) is 0 Å². The minimum absolute atomic E-state index is 0.144. The maximum absolute atomic E-state index is 11.0. The molecule has 4 atom stereocenters. The van der Waals surface area contributed by atoms with Crippen molar-refractivity contribution in [3.8, 4) is 0 Å². The molecule has 20 heavy (non-hydrogen) atoms. The average Bonchev–Trinajstić information content (AvgIpc) is 2.79. The Hall–Kier alpha value is -1.70. The van der Waals surface area contributed by atoms with E-state index in [0.29, 0.717) is 0 Å². The van der Waals surface area contributed by atoms with Crippen molar-refractivity contribution < 1.29 is 20.0 Å². The minimum Gasteiger partial charge on any atom is -0.386 e. The van der Waals surface area contributed by atoms with Gasteiger partial charge in [0.1, 0.15) is 17.9 Å². The Balaban J connectivity index is 2.22. The summed E-state index contributed by atoms with van der Waals surface area (Å²) in [6.07, 6.45) is -4.18. The van der Waals surface area contributed by atoms with E-state index in [9.17, 15) is 20.3 Å². The van der Waals surface area contributed by atoms with Crippen molar-refractivity contribution in [3.63, 3.8) is 0 Å². The molecule has 0 spiro atoms. The van der Waals surface area contributed by atoms with E-state index < -0.39 is 29.3 Å². The van der Waals surface area contributed by atoms with Gasteiger partial charge in [-0.15, -0.1) is 0 Å². The number of aliphatic hydroxyl groups excluding tert-OH is 2. The molecule has 1 heterocycles. The monoisotopic (exact) mass is 300 g/mol. The lowest BCUT2D eigenvalue weighted by Gasteiger charge is -2.23. The van der Waals surface area contributed by atoms with E-state index >= 15 is 0 Å². The normalized spacial score (nSPS) is 24.7. The summed E-state index contributed by atoms with van der Waals surface area (Å²) >= 11 is 5.92. The van der Waals surface area contributed by atoms with Crippen LogP contribution in [0, 0.1) is 10.1 Å². The van der Waals surface area contributed by atoms with E-state index in [1.165, 1.54) is 13.0 Å². The van der Waals surface area contributed by atoms with Crippen molar-refractivity contribution in [3.05, 3.63) is 45.0 Å². The summed E-state index contributed by atoms with van der Waals surface area (Å²) in [6.45, 7) is 1.43. The molecule has 2 rings (SSSR count). The molecule has 8 heteroatoms. The predicted octanol–water partition coefficient (Wildman–Crippen LogP) is 1.15. The molecule has 0 aromatic heterocycles. The van der Waals surface area contributed by atoms with E-state index in [2.05, 4.69) is 5.16 Å². The second-order valence-electron chi connectivity index (χ2n) is 4.49. The molecular formula is C12H13ClN2O5. The van der Waals surface area contributed by atoms with Gasteiger partial charge in [-0.1, -0.05) is 35.0 Å². The third-order valence-electron chi connectivity index (χ3n) is 3.17. The van der Waals surface area contributed by atoms with Crippen LogP contribution < -0.4 is 0 Å². The second-order valence-corrected chi connectivity index (χ2v) is 4.90. The summed E-state index contributed by atoms with van der Waals surface area (Å²) in [6, 6.07) is 5.10. The first kappa shape index (κ1) is 14.7. The highest BCUT2D eigenvalue weighted by atomic mass is 35.5. The number of hydrogen-bond donors (Lipinski definition) is 2. The molecule has 0 bridgehead atoms. The number of halogens is 1. The summed E-state index contributed by atoms with van der Waals surface area (Å²) in [5.41, 5.74) is 0.419. The van der Waals surface area contributed by atoms with Crippen LogP contribution in [0.1, 0.15) is 18.6 Å². The molecule has 1 aromatic rings. The molecule has 0 saturated heterocycles. The molecule has 0 aliphatic carbocycles. The number of nitro groups is 1. The molecule has 0 unspecified atom stereocenters. The Morgan fingerprint density at radius 1 is 1.45 bits per heavy atom. The largest absolute Gasteiger partial charge is 0.386 e. The molecule has 0 amide bonds. The highest BCUT2D eigenvalue weighted by Crippen LogP contribution is 2.30. The zero-order valence-corrected chi connectivity index (χ0v) is 11.3. The predicted molar refractivity (Wildman–Crippen MR) is 71.2 cm³/mol. The quantitative estimate of drug-likeness (QED) is 0.641. The summed E-state index contributed by atoms with van der Waals surface area (Å²) in [7, 11) is 0. The summed E-state index contributed by atoms with van der Waals surface area (Å²) < 4.78 is 0. The smallest absolute Gasteiger partial charge is 0.295 e. The van der Waals surface area contributed by atoms with Crippen molar-refractivity contribution in [2.24, 2.45) is 5.16 Å². The van der Waals surface area contributed by atoms with Gasteiger partial charge in [-0.05, 0) is 13.0 Å². The maximum atomic E-state index is 11.0. The van der Waals surface area contributed by atoms with Crippen molar-refractivity contribution >= 4 is 17.3 Å². The third-order valence-corrected chi connectivity index (χ3v) is 3.51. The fourth-order valence-corrected chi connectivity index (χ4v) is 2.34. The molecule has 0 fully saturated rings. The Labute approximate surface area is 119 Å². The second kappa shape index (κ2) is 5.74. The van der Waals surface area contributed by atoms with Crippen LogP contribution >= 0.6 is 11.6 Å². The first-order chi connectivity index (χ1) is 9.43. The van der Waals surface area contributed by atoms with Crippen molar-refractivity contribution in [2.75, 3.05) is 0 Å². The molecule has 1 aliphatic heterocycles. The fraction of sp³-hybridized carbons (Fsp3) is 0.417. The van der Waals surface area contributed by atoms with Gasteiger partial charge in [-0.2, -0.15) is 0 Å². The standard InChI is InChI=1S/C12H13ClN2O5/c1-6-9(15(18)19)12(20-14-6)11(17)10(16)7-4-2-3-5-8(7)13/h2-5,9-12,16-17H,1H3/t9-,10-,11+,12-/m1/s1. The van der Waals surface area contributed by atoms with Gasteiger partial charge >= 0.3 is 0 Å². The van der Waals surface area contributed by atoms with Gasteiger partial charge in [-0.25, -0.2) is 0 Å². The van der Waals surface area contributed by atoms with Gasteiger partial charge in [0.05, 0.1) is 0 Å². The van der Waals surface area contributed by atoms with Gasteiger partial charge in [-0.3, -0.25) is 10.1 Å². The Kier molecular flexibility index (Phi) is 4.22. The first-order valence-electron chi connectivity index (χ1n) is 5.88. The van der Waals surface area contributed by atoms with Crippen LogP contribution in [0.2, 0.25) is 5.02 Å². The summed E-state index contributed by atoms with van der Waals surface area (Å²) in [5, 5.41) is 35.0. The van der Waals surface area contributed by atoms with Crippen LogP contribution in [0.5, 0.6) is 0 Å². The first-order valence-corrected chi connectivity index (χ1v) is 6.25. The highest BCUT2D eigenvalue weighted by molar-refractivity contribution is 6.31. The number of benzene rings is 1. The SMILES string of the molecule is CC1=NO[C@@H]([C@@H](O)[C@H](O)c2ccccc2Cl)[C@@H]1[N+](=O)[O-]. The Morgan fingerprint density at radius 2 is 2.10 bits per heavy atom. The zero-order chi connectivity index (χ0) is 14.9. The van der Waals surface area contributed by atoms with Gasteiger partial charge in [0.15, 0.2) is 0 Å². The van der Waals surface area contributed by atoms with Gasteiger partial charge in [0, 0.05) is 15.5 Å². The topological polar surface area (TPSA) is 105 Å². The van der Waals surface area contributed by atoms with E-state index in [4.69, 9.17) is 16.4 Å². The maximum Gasteiger partial charge on any atom is 0.295 e. The van der Waals surface area contributed by atoms with Crippen LogP contribution in [0.15, 0.2) is 29.4 Å². The summed E-state index contributed by atoms with van der Waals surface area (Å²) in [4.78, 5) is 15.3. The third kappa shape index (κ3) is 2.60. The number of oxime groups is 1. The number of rotatable bonds is 4. The van der Waals surface area contributed by atoms with Gasteiger partial charge in [0.25, 0.3) is 6.04 Å². The molecule has 0 saturated carbocycles. The lowest BCUT2D eigenvalue weighted by molar-refractivity contribution is -0.514. The van der Waals surface area contributed by atoms with Gasteiger partial charge in [0.2, 0.25) is 6.10 Å². The molecule has 108 valence electrons. The van der Waals surface area contributed by atoms with E-state index in [1.54, 1.807) is 18.2 Å². The number of aliphatic hydroxyl groups is 2. The van der Waals surface area contributed by atoms with E-state index in [1.807, 2.05) is 0 Å². The minimum atomic E-state index is -1.52. The van der Waals surface area contributed by atoms with Crippen molar-refractivity contribution in [1.29, 1.82) is 0 Å². The Bertz CT molecular complexity index is 550. The van der Waals surface area contributed by atoms with E-state index in [-0.39, 0.29) is 16.3 Å². The van der Waals surface area contributed by atoms with Crippen molar-refractivity contribution in [2.45, 2.75) is 31.3 Å². The van der Waals surface area contributed by atoms with Crippen LogP contribution in [-0.2, 0) is 4.84 Å². The lowest BCUT2D eigenvalue weighted by Crippen LogP contribution is -2.45. The lowest BCUT2D eigenvalue weighted by atomic mass is 9.95. The number of hydrogen-bond acceptors (Lipinski definition) is 6. The van der Waals surface area contributed by atoms with Gasteiger partial charge < -0.3 is 15.1 Å². The van der Waals surface area contributed by atoms with Crippen molar-refractivity contribution in [1.82, 2.24) is 0 Å². The van der Waals surface area contributed by atoms with Crippen LogP contribution in [0.3, 0.4) is 0 Å². The molecular weight excluding hydrogens is 288 g/mol. The van der Waals surface area contributed by atoms with E-state index in [0.717, 1.165) is 0 Å². The summed E-state index contributed by atoms with van der Waals surface area (Å²) in [5.74, 6) is 0. The zero-order valence-electron chi connectivity index (χ0n) is 10.5. The van der Waals surface area contributed by atoms with Crippen LogP contribution in [0.4, 0.5) is 0 Å². The van der Waals surface area contributed by atoms with Crippen LogP contribution in [-0.4, -0.2) is 39.1 Å². The molecule has 0 radical (unpaired) electrons.